The molecule has 0 radical (unpaired) electrons. The van der Waals surface area contributed by atoms with Crippen LogP contribution in [-0.2, 0) is 4.79 Å². The van der Waals surface area contributed by atoms with E-state index in [-0.39, 0.29) is 11.4 Å². The van der Waals surface area contributed by atoms with Gasteiger partial charge in [0.25, 0.3) is 11.8 Å². The number of amidine groups is 1. The molecule has 0 unspecified atom stereocenters. The summed E-state index contributed by atoms with van der Waals surface area (Å²) < 4.78 is 42.9. The molecule has 1 atom stereocenters. The molecule has 4 rings (SSSR count). The molecule has 30 heavy (non-hydrogen) atoms. The molecule has 1 aliphatic heterocycles. The van der Waals surface area contributed by atoms with Crippen LogP contribution >= 0.6 is 0 Å². The number of benzene rings is 1. The number of rotatable bonds is 4. The van der Waals surface area contributed by atoms with Crippen LogP contribution in [0.2, 0.25) is 0 Å². The number of halogens is 3. The Morgan fingerprint density at radius 3 is 2.40 bits per heavy atom. The zero-order valence-electron chi connectivity index (χ0n) is 15.9. The summed E-state index contributed by atoms with van der Waals surface area (Å²) in [4.78, 5) is 34.6. The number of hydrogen-bond donors (Lipinski definition) is 1. The molecule has 2 aromatic rings. The summed E-state index contributed by atoms with van der Waals surface area (Å²) in [5.41, 5.74) is -3.09. The van der Waals surface area contributed by atoms with Gasteiger partial charge in [-0.25, -0.2) is 4.99 Å². The predicted molar refractivity (Wildman–Crippen MR) is 103 cm³/mol. The van der Waals surface area contributed by atoms with Gasteiger partial charge in [-0.05, 0) is 25.0 Å². The number of amides is 2. The third-order valence-corrected chi connectivity index (χ3v) is 5.38. The van der Waals surface area contributed by atoms with E-state index >= 15 is 0 Å². The van der Waals surface area contributed by atoms with Crippen LogP contribution in [0.4, 0.5) is 13.2 Å². The lowest BCUT2D eigenvalue weighted by Crippen LogP contribution is -2.64. The van der Waals surface area contributed by atoms with Crippen LogP contribution in [0.15, 0.2) is 59.9 Å². The third-order valence-electron chi connectivity index (χ3n) is 5.38. The Hall–Kier alpha value is -3.23. The van der Waals surface area contributed by atoms with Crippen molar-refractivity contribution in [3.63, 3.8) is 0 Å². The van der Waals surface area contributed by atoms with Crippen molar-refractivity contribution in [3.8, 4) is 0 Å². The highest BCUT2D eigenvalue weighted by Crippen LogP contribution is 2.41. The van der Waals surface area contributed by atoms with E-state index in [1.54, 1.807) is 30.3 Å². The number of aromatic nitrogens is 1. The summed E-state index contributed by atoms with van der Waals surface area (Å²) in [7, 11) is 0. The van der Waals surface area contributed by atoms with Gasteiger partial charge in [0.2, 0.25) is 0 Å². The van der Waals surface area contributed by atoms with Crippen LogP contribution in [0, 0.1) is 0 Å². The second-order valence-corrected chi connectivity index (χ2v) is 7.32. The molecule has 2 amide bonds. The van der Waals surface area contributed by atoms with Gasteiger partial charge in [0, 0.05) is 24.0 Å². The fraction of sp³-hybridized carbons (Fsp3) is 0.333. The predicted octanol–water partition coefficient (Wildman–Crippen LogP) is 3.30. The summed E-state index contributed by atoms with van der Waals surface area (Å²) in [5.74, 6) is -2.42. The average Bonchev–Trinajstić information content (AvgIpc) is 3.36. The number of alkyl halides is 3. The van der Waals surface area contributed by atoms with Crippen molar-refractivity contribution in [2.24, 2.45) is 4.99 Å². The van der Waals surface area contributed by atoms with Crippen LogP contribution in [0.5, 0.6) is 0 Å². The largest absolute Gasteiger partial charge is 0.442 e. The lowest BCUT2D eigenvalue weighted by molar-refractivity contribution is -0.196. The van der Waals surface area contributed by atoms with E-state index in [2.05, 4.69) is 9.98 Å². The van der Waals surface area contributed by atoms with Crippen molar-refractivity contribution >= 4 is 17.6 Å². The molecule has 0 bridgehead atoms. The van der Waals surface area contributed by atoms with Crippen molar-refractivity contribution in [2.75, 3.05) is 0 Å². The summed E-state index contributed by atoms with van der Waals surface area (Å²) >= 11 is 0. The van der Waals surface area contributed by atoms with Gasteiger partial charge in [-0.3, -0.25) is 19.5 Å². The number of carbonyl (C=O) groups is 2. The van der Waals surface area contributed by atoms with E-state index in [0.29, 0.717) is 18.4 Å². The van der Waals surface area contributed by atoms with E-state index in [1.165, 1.54) is 18.3 Å². The molecule has 2 aliphatic rings. The van der Waals surface area contributed by atoms with Crippen molar-refractivity contribution in [1.82, 2.24) is 15.2 Å². The number of pyridine rings is 1. The fourth-order valence-electron chi connectivity index (χ4n) is 3.89. The zero-order valence-corrected chi connectivity index (χ0v) is 15.9. The molecule has 0 spiro atoms. The van der Waals surface area contributed by atoms with Crippen LogP contribution in [0.25, 0.3) is 0 Å². The molecule has 2 heterocycles. The normalized spacial score (nSPS) is 22.3. The first kappa shape index (κ1) is 20.1. The van der Waals surface area contributed by atoms with Crippen LogP contribution in [0.1, 0.15) is 41.6 Å². The first-order valence-corrected chi connectivity index (χ1v) is 9.62. The Morgan fingerprint density at radius 1 is 1.10 bits per heavy atom. The highest BCUT2D eigenvalue weighted by atomic mass is 19.4. The highest BCUT2D eigenvalue weighted by molar-refractivity contribution is 6.17. The Labute approximate surface area is 170 Å². The minimum absolute atomic E-state index is 0.0729. The second kappa shape index (κ2) is 7.55. The van der Waals surface area contributed by atoms with E-state index in [4.69, 9.17) is 0 Å². The minimum Gasteiger partial charge on any atom is -0.312 e. The zero-order chi connectivity index (χ0) is 21.4. The van der Waals surface area contributed by atoms with Gasteiger partial charge in [0.1, 0.15) is 5.84 Å². The third kappa shape index (κ3) is 3.34. The first-order chi connectivity index (χ1) is 14.3. The molecule has 6 nitrogen and oxygen atoms in total. The van der Waals surface area contributed by atoms with E-state index in [0.717, 1.165) is 23.9 Å². The quantitative estimate of drug-likeness (QED) is 0.831. The maximum atomic E-state index is 14.3. The smallest absolute Gasteiger partial charge is 0.312 e. The number of hydrogen-bond acceptors (Lipinski definition) is 4. The summed E-state index contributed by atoms with van der Waals surface area (Å²) in [5, 5.41) is 1.87. The van der Waals surface area contributed by atoms with E-state index < -0.39 is 29.7 Å². The van der Waals surface area contributed by atoms with Gasteiger partial charge < -0.3 is 5.32 Å². The SMILES string of the molecule is O=C(N[C@]1(C(F)(F)F)N=C(c2ccccc2)N(C2CCCC2)C1=O)c1cccnc1. The molecule has 156 valence electrons. The Morgan fingerprint density at radius 2 is 1.80 bits per heavy atom. The number of aliphatic imine (C=N–C) groups is 1. The molecule has 9 heteroatoms. The standard InChI is InChI=1S/C21H19F3N4O2/c22-21(23,24)20(27-18(29)15-9-6-12-25-13-15)19(30)28(16-10-4-5-11-16)17(26-20)14-7-2-1-3-8-14/h1-3,6-9,12-13,16H,4-5,10-11H2,(H,27,29)/t20-/m1/s1. The molecule has 1 saturated carbocycles. The van der Waals surface area contributed by atoms with E-state index in [1.807, 2.05) is 5.32 Å². The second-order valence-electron chi connectivity index (χ2n) is 7.32. The maximum Gasteiger partial charge on any atom is 0.442 e. The lowest BCUT2D eigenvalue weighted by Gasteiger charge is -2.31. The topological polar surface area (TPSA) is 74.7 Å². The fourth-order valence-corrected chi connectivity index (χ4v) is 3.89. The van der Waals surface area contributed by atoms with E-state index in [9.17, 15) is 22.8 Å². The summed E-state index contributed by atoms with van der Waals surface area (Å²) in [6, 6.07) is 10.6. The van der Waals surface area contributed by atoms with Crippen molar-refractivity contribution < 1.29 is 22.8 Å². The molecule has 1 aromatic heterocycles. The lowest BCUT2D eigenvalue weighted by atomic mass is 10.1. The molecule has 1 aromatic carbocycles. The highest BCUT2D eigenvalue weighted by Gasteiger charge is 2.68. The van der Waals surface area contributed by atoms with Crippen molar-refractivity contribution in [2.45, 2.75) is 43.6 Å². The Balaban J connectivity index is 1.81. The maximum absolute atomic E-state index is 14.3. The molecule has 1 N–H and O–H groups in total. The molecular formula is C21H19F3N4O2. The molecule has 1 aliphatic carbocycles. The first-order valence-electron chi connectivity index (χ1n) is 9.62. The molecule has 1 fully saturated rings. The summed E-state index contributed by atoms with van der Waals surface area (Å²) in [6.07, 6.45) is 0.203. The van der Waals surface area contributed by atoms with Crippen LogP contribution < -0.4 is 5.32 Å². The van der Waals surface area contributed by atoms with Crippen LogP contribution in [-0.4, -0.2) is 45.4 Å². The van der Waals surface area contributed by atoms with Gasteiger partial charge in [0.05, 0.1) is 5.56 Å². The molecule has 0 saturated heterocycles. The monoisotopic (exact) mass is 416 g/mol. The Bertz CT molecular complexity index is 973. The van der Waals surface area contributed by atoms with Gasteiger partial charge in [-0.15, -0.1) is 0 Å². The van der Waals surface area contributed by atoms with Gasteiger partial charge in [-0.2, -0.15) is 13.2 Å². The summed E-state index contributed by atoms with van der Waals surface area (Å²) in [6.45, 7) is 0. The average molecular weight is 416 g/mol. The minimum atomic E-state index is -5.13. The van der Waals surface area contributed by atoms with Gasteiger partial charge >= 0.3 is 11.8 Å². The van der Waals surface area contributed by atoms with Crippen molar-refractivity contribution in [3.05, 3.63) is 66.0 Å². The van der Waals surface area contributed by atoms with Crippen molar-refractivity contribution in [1.29, 1.82) is 0 Å². The molecular weight excluding hydrogens is 397 g/mol. The van der Waals surface area contributed by atoms with Crippen LogP contribution in [0.3, 0.4) is 0 Å². The number of carbonyl (C=O) groups excluding carboxylic acids is 2. The Kier molecular flexibility index (Phi) is 5.05. The van der Waals surface area contributed by atoms with Gasteiger partial charge in [-0.1, -0.05) is 43.2 Å². The van der Waals surface area contributed by atoms with Gasteiger partial charge in [0.15, 0.2) is 0 Å². The number of nitrogens with zero attached hydrogens (tertiary/aromatic N) is 3. The number of nitrogens with one attached hydrogen (secondary N) is 1.